The van der Waals surface area contributed by atoms with Crippen LogP contribution in [0.5, 0.6) is 0 Å². The van der Waals surface area contributed by atoms with Gasteiger partial charge >= 0.3 is 0 Å². The molecule has 0 saturated carbocycles. The number of carbonyl (C=O) groups excluding carboxylic acids is 1. The summed E-state index contributed by atoms with van der Waals surface area (Å²) in [4.78, 5) is 22.2. The maximum atomic E-state index is 12.1. The molecule has 0 fully saturated rings. The molecule has 6 heteroatoms. The number of nitrogens with zero attached hydrogens (tertiary/aromatic N) is 2. The lowest BCUT2D eigenvalue weighted by Gasteiger charge is -2.08. The van der Waals surface area contributed by atoms with Crippen LogP contribution < -0.4 is 5.32 Å². The average Bonchev–Trinajstić information content (AvgIpc) is 3.20. The van der Waals surface area contributed by atoms with Crippen LogP contribution in [0.4, 0.5) is 0 Å². The minimum absolute atomic E-state index is 0.0239. The van der Waals surface area contributed by atoms with Crippen LogP contribution >= 0.6 is 23.1 Å². The van der Waals surface area contributed by atoms with Gasteiger partial charge in [0.2, 0.25) is 5.91 Å². The summed E-state index contributed by atoms with van der Waals surface area (Å²) in [5.41, 5.74) is 3.83. The molecule has 0 aliphatic heterocycles. The van der Waals surface area contributed by atoms with Crippen molar-refractivity contribution in [1.29, 1.82) is 0 Å². The standard InChI is InChI=1S/C19H19N3OS2/c1-24-16-5-2-14(3-6-16)4-7-18(23)22-12-17-19(21-10-9-20-17)15-8-11-25-13-15/h2-3,5-6,8-11,13H,4,7,12H2,1H3,(H,22,23). The van der Waals surface area contributed by atoms with Crippen molar-refractivity contribution in [2.24, 2.45) is 0 Å². The molecule has 0 unspecified atom stereocenters. The molecular weight excluding hydrogens is 350 g/mol. The number of thiophene rings is 1. The summed E-state index contributed by atoms with van der Waals surface area (Å²) in [7, 11) is 0. The first-order chi connectivity index (χ1) is 12.3. The van der Waals surface area contributed by atoms with Crippen LogP contribution in [0.2, 0.25) is 0 Å². The predicted octanol–water partition coefficient (Wildman–Crippen LogP) is 4.18. The van der Waals surface area contributed by atoms with E-state index < -0.39 is 0 Å². The number of rotatable bonds is 7. The quantitative estimate of drug-likeness (QED) is 0.635. The van der Waals surface area contributed by atoms with Crippen molar-refractivity contribution in [3.8, 4) is 11.3 Å². The smallest absolute Gasteiger partial charge is 0.220 e. The minimum atomic E-state index is 0.0239. The van der Waals surface area contributed by atoms with E-state index >= 15 is 0 Å². The topological polar surface area (TPSA) is 54.9 Å². The van der Waals surface area contributed by atoms with Crippen LogP contribution in [0.1, 0.15) is 17.7 Å². The molecule has 3 aromatic rings. The third kappa shape index (κ3) is 4.90. The summed E-state index contributed by atoms with van der Waals surface area (Å²) in [6.45, 7) is 0.392. The second-order valence-electron chi connectivity index (χ2n) is 5.49. The number of benzene rings is 1. The van der Waals surface area contributed by atoms with Gasteiger partial charge < -0.3 is 5.32 Å². The van der Waals surface area contributed by atoms with Crippen molar-refractivity contribution in [2.75, 3.05) is 6.26 Å². The van der Waals surface area contributed by atoms with Gasteiger partial charge in [-0.1, -0.05) is 12.1 Å². The SMILES string of the molecule is CSc1ccc(CCC(=O)NCc2nccnc2-c2ccsc2)cc1. The van der Waals surface area contributed by atoms with Crippen molar-refractivity contribution in [3.63, 3.8) is 0 Å². The Morgan fingerprint density at radius 3 is 2.68 bits per heavy atom. The van der Waals surface area contributed by atoms with E-state index in [-0.39, 0.29) is 5.91 Å². The zero-order valence-corrected chi connectivity index (χ0v) is 15.6. The fourth-order valence-electron chi connectivity index (χ4n) is 2.46. The number of nitrogens with one attached hydrogen (secondary N) is 1. The van der Waals surface area contributed by atoms with Crippen LogP contribution in [0.3, 0.4) is 0 Å². The van der Waals surface area contributed by atoms with E-state index in [9.17, 15) is 4.79 Å². The molecule has 0 saturated heterocycles. The molecule has 1 aromatic carbocycles. The molecule has 0 atom stereocenters. The fraction of sp³-hybridized carbons (Fsp3) is 0.211. The van der Waals surface area contributed by atoms with Gasteiger partial charge in [-0.2, -0.15) is 11.3 Å². The number of thioether (sulfide) groups is 1. The highest BCUT2D eigenvalue weighted by Crippen LogP contribution is 2.22. The summed E-state index contributed by atoms with van der Waals surface area (Å²) in [5, 5.41) is 7.00. The molecule has 4 nitrogen and oxygen atoms in total. The first-order valence-corrected chi connectivity index (χ1v) is 10.1. The van der Waals surface area contributed by atoms with Gasteiger partial charge in [0.25, 0.3) is 0 Å². The fourth-order valence-corrected chi connectivity index (χ4v) is 3.51. The highest BCUT2D eigenvalue weighted by Gasteiger charge is 2.10. The van der Waals surface area contributed by atoms with Crippen molar-refractivity contribution < 1.29 is 4.79 Å². The van der Waals surface area contributed by atoms with Gasteiger partial charge in [-0.15, -0.1) is 11.8 Å². The predicted molar refractivity (Wildman–Crippen MR) is 104 cm³/mol. The number of aryl methyl sites for hydroxylation is 1. The van der Waals surface area contributed by atoms with Crippen molar-refractivity contribution in [3.05, 3.63) is 64.7 Å². The van der Waals surface area contributed by atoms with Crippen molar-refractivity contribution in [2.45, 2.75) is 24.3 Å². The molecule has 0 radical (unpaired) electrons. The van der Waals surface area contributed by atoms with E-state index in [1.165, 1.54) is 10.5 Å². The van der Waals surface area contributed by atoms with Gasteiger partial charge in [-0.05, 0) is 41.8 Å². The van der Waals surface area contributed by atoms with Gasteiger partial charge in [-0.25, -0.2) is 0 Å². The van der Waals surface area contributed by atoms with Crippen LogP contribution in [0.25, 0.3) is 11.3 Å². The Morgan fingerprint density at radius 2 is 1.96 bits per heavy atom. The summed E-state index contributed by atoms with van der Waals surface area (Å²) in [5.74, 6) is 0.0239. The van der Waals surface area contributed by atoms with Gasteiger partial charge in [0, 0.05) is 34.7 Å². The number of carbonyl (C=O) groups is 1. The largest absolute Gasteiger partial charge is 0.350 e. The zero-order chi connectivity index (χ0) is 17.5. The molecule has 3 rings (SSSR count). The highest BCUT2D eigenvalue weighted by molar-refractivity contribution is 7.98. The van der Waals surface area contributed by atoms with Gasteiger partial charge in [0.15, 0.2) is 0 Å². The Labute approximate surface area is 155 Å². The van der Waals surface area contributed by atoms with E-state index in [1.54, 1.807) is 35.5 Å². The van der Waals surface area contributed by atoms with E-state index in [0.717, 1.165) is 23.4 Å². The van der Waals surface area contributed by atoms with E-state index in [1.807, 2.05) is 16.8 Å². The van der Waals surface area contributed by atoms with E-state index in [2.05, 4.69) is 45.8 Å². The summed E-state index contributed by atoms with van der Waals surface area (Å²) >= 11 is 3.34. The number of amides is 1. The van der Waals surface area contributed by atoms with Crippen LogP contribution in [0.15, 0.2) is 58.4 Å². The molecule has 1 N–H and O–H groups in total. The van der Waals surface area contributed by atoms with Gasteiger partial charge in [0.1, 0.15) is 0 Å². The Bertz CT molecular complexity index is 817. The molecule has 0 aliphatic rings. The lowest BCUT2D eigenvalue weighted by Crippen LogP contribution is -2.24. The Hall–Kier alpha value is -2.18. The minimum Gasteiger partial charge on any atom is -0.350 e. The number of hydrogen-bond acceptors (Lipinski definition) is 5. The normalized spacial score (nSPS) is 10.6. The second-order valence-corrected chi connectivity index (χ2v) is 7.15. The first-order valence-electron chi connectivity index (χ1n) is 7.98. The van der Waals surface area contributed by atoms with Crippen LogP contribution in [0, 0.1) is 0 Å². The van der Waals surface area contributed by atoms with Gasteiger partial charge in [-0.3, -0.25) is 14.8 Å². The lowest BCUT2D eigenvalue weighted by atomic mass is 10.1. The molecule has 0 aliphatic carbocycles. The Morgan fingerprint density at radius 1 is 1.16 bits per heavy atom. The molecule has 0 bridgehead atoms. The maximum Gasteiger partial charge on any atom is 0.220 e. The average molecular weight is 370 g/mol. The highest BCUT2D eigenvalue weighted by atomic mass is 32.2. The zero-order valence-electron chi connectivity index (χ0n) is 13.9. The Kier molecular flexibility index (Phi) is 6.19. The third-order valence-electron chi connectivity index (χ3n) is 3.82. The Balaban J connectivity index is 1.54. The third-order valence-corrected chi connectivity index (χ3v) is 5.25. The van der Waals surface area contributed by atoms with Crippen molar-refractivity contribution in [1.82, 2.24) is 15.3 Å². The molecule has 1 amide bonds. The molecule has 0 spiro atoms. The van der Waals surface area contributed by atoms with Gasteiger partial charge in [0.05, 0.1) is 17.9 Å². The van der Waals surface area contributed by atoms with Crippen molar-refractivity contribution >= 4 is 29.0 Å². The second kappa shape index (κ2) is 8.78. The maximum absolute atomic E-state index is 12.1. The summed E-state index contributed by atoms with van der Waals surface area (Å²) in [6, 6.07) is 10.3. The molecular formula is C19H19N3OS2. The number of hydrogen-bond donors (Lipinski definition) is 1. The van der Waals surface area contributed by atoms with E-state index in [0.29, 0.717) is 13.0 Å². The molecule has 2 heterocycles. The molecule has 2 aromatic heterocycles. The van der Waals surface area contributed by atoms with E-state index in [4.69, 9.17) is 0 Å². The lowest BCUT2D eigenvalue weighted by molar-refractivity contribution is -0.121. The van der Waals surface area contributed by atoms with Crippen LogP contribution in [-0.2, 0) is 17.8 Å². The van der Waals surface area contributed by atoms with Crippen LogP contribution in [-0.4, -0.2) is 22.1 Å². The molecule has 25 heavy (non-hydrogen) atoms. The summed E-state index contributed by atoms with van der Waals surface area (Å²) < 4.78 is 0. The summed E-state index contributed by atoms with van der Waals surface area (Å²) in [6.07, 6.45) is 6.59. The molecule has 128 valence electrons. The number of aromatic nitrogens is 2. The monoisotopic (exact) mass is 369 g/mol. The first kappa shape index (κ1) is 17.6.